The van der Waals surface area contributed by atoms with Crippen molar-refractivity contribution in [3.05, 3.63) is 63.6 Å². The van der Waals surface area contributed by atoms with Crippen molar-refractivity contribution in [3.8, 4) is 0 Å². The predicted octanol–water partition coefficient (Wildman–Crippen LogP) is 4.86. The minimum Gasteiger partial charge on any atom is -0.335 e. The van der Waals surface area contributed by atoms with Crippen LogP contribution in [0.1, 0.15) is 42.7 Å². The van der Waals surface area contributed by atoms with Crippen molar-refractivity contribution in [2.24, 2.45) is 0 Å². The molecule has 0 N–H and O–H groups in total. The molecule has 0 saturated heterocycles. The van der Waals surface area contributed by atoms with Crippen molar-refractivity contribution in [2.45, 2.75) is 37.8 Å². The number of rotatable bonds is 6. The monoisotopic (exact) mass is 442 g/mol. The maximum absolute atomic E-state index is 13.0. The second kappa shape index (κ2) is 8.82. The minimum atomic E-state index is -3.68. The summed E-state index contributed by atoms with van der Waals surface area (Å²) < 4.78 is 26.7. The van der Waals surface area contributed by atoms with Crippen molar-refractivity contribution in [1.29, 1.82) is 0 Å². The van der Waals surface area contributed by atoms with Crippen LogP contribution in [0.25, 0.3) is 0 Å². The van der Waals surface area contributed by atoms with Gasteiger partial charge in [-0.05, 0) is 56.7 Å². The third-order valence-electron chi connectivity index (χ3n) is 4.80. The first-order valence-corrected chi connectivity index (χ1v) is 11.0. The fraction of sp³-hybridized carbons (Fsp3) is 0.350. The van der Waals surface area contributed by atoms with E-state index in [0.717, 1.165) is 5.56 Å². The highest BCUT2D eigenvalue weighted by molar-refractivity contribution is 7.89. The average Bonchev–Trinajstić information content (AvgIpc) is 2.65. The molecule has 5 nitrogen and oxygen atoms in total. The van der Waals surface area contributed by atoms with Crippen molar-refractivity contribution >= 4 is 39.1 Å². The molecular weight excluding hydrogens is 419 g/mol. The maximum atomic E-state index is 13.0. The summed E-state index contributed by atoms with van der Waals surface area (Å²) >= 11 is 12.2. The largest absolute Gasteiger partial charge is 0.335 e. The Morgan fingerprint density at radius 3 is 2.21 bits per heavy atom. The summed E-state index contributed by atoms with van der Waals surface area (Å²) in [6.07, 6.45) is 0. The van der Waals surface area contributed by atoms with Crippen LogP contribution in [0.15, 0.2) is 47.4 Å². The van der Waals surface area contributed by atoms with Crippen molar-refractivity contribution < 1.29 is 13.2 Å². The Kier molecular flexibility index (Phi) is 7.15. The molecule has 2 aromatic carbocycles. The lowest BCUT2D eigenvalue weighted by atomic mass is 10.1. The Morgan fingerprint density at radius 2 is 1.64 bits per heavy atom. The normalized spacial score (nSPS) is 13.0. The number of amides is 1. The SMILES string of the molecule is CC(c1ccc(Cl)cc1Cl)N(C)C(=O)c1cccc(S(=O)(=O)N(C)C(C)C)c1. The summed E-state index contributed by atoms with van der Waals surface area (Å²) in [7, 11) is -0.506. The van der Waals surface area contributed by atoms with Gasteiger partial charge < -0.3 is 4.90 Å². The third kappa shape index (κ3) is 4.69. The van der Waals surface area contributed by atoms with E-state index in [2.05, 4.69) is 0 Å². The van der Waals surface area contributed by atoms with E-state index in [9.17, 15) is 13.2 Å². The van der Waals surface area contributed by atoms with Gasteiger partial charge in [-0.3, -0.25) is 4.79 Å². The summed E-state index contributed by atoms with van der Waals surface area (Å²) in [5.41, 5.74) is 1.04. The molecule has 1 atom stereocenters. The fourth-order valence-corrected chi connectivity index (χ4v) is 4.64. The van der Waals surface area contributed by atoms with Gasteiger partial charge in [-0.2, -0.15) is 4.31 Å². The summed E-state index contributed by atoms with van der Waals surface area (Å²) in [5.74, 6) is -0.303. The Labute approximate surface area is 176 Å². The van der Waals surface area contributed by atoms with Gasteiger partial charge >= 0.3 is 0 Å². The molecule has 1 amide bonds. The second-order valence-electron chi connectivity index (χ2n) is 6.90. The molecule has 0 aliphatic rings. The topological polar surface area (TPSA) is 57.7 Å². The van der Waals surface area contributed by atoms with E-state index in [0.29, 0.717) is 10.0 Å². The quantitative estimate of drug-likeness (QED) is 0.641. The lowest BCUT2D eigenvalue weighted by Crippen LogP contribution is -2.33. The molecule has 0 radical (unpaired) electrons. The summed E-state index contributed by atoms with van der Waals surface area (Å²) in [6, 6.07) is 10.7. The molecule has 0 saturated carbocycles. The zero-order chi connectivity index (χ0) is 21.2. The van der Waals surface area contributed by atoms with E-state index >= 15 is 0 Å². The van der Waals surface area contributed by atoms with E-state index in [4.69, 9.17) is 23.2 Å². The van der Waals surface area contributed by atoms with Crippen LogP contribution in [0.3, 0.4) is 0 Å². The molecule has 0 aromatic heterocycles. The van der Waals surface area contributed by atoms with Crippen molar-refractivity contribution in [3.63, 3.8) is 0 Å². The smallest absolute Gasteiger partial charge is 0.254 e. The van der Waals surface area contributed by atoms with E-state index in [-0.39, 0.29) is 28.4 Å². The van der Waals surface area contributed by atoms with Crippen LogP contribution >= 0.6 is 23.2 Å². The summed E-state index contributed by atoms with van der Waals surface area (Å²) in [5, 5.41) is 0.983. The van der Waals surface area contributed by atoms with Gasteiger partial charge in [-0.25, -0.2) is 8.42 Å². The first kappa shape index (κ1) is 22.7. The predicted molar refractivity (Wildman–Crippen MR) is 113 cm³/mol. The molecule has 28 heavy (non-hydrogen) atoms. The molecule has 0 spiro atoms. The molecule has 0 fully saturated rings. The fourth-order valence-electron chi connectivity index (χ4n) is 2.66. The lowest BCUT2D eigenvalue weighted by Gasteiger charge is -2.27. The van der Waals surface area contributed by atoms with Crippen LogP contribution in [0, 0.1) is 0 Å². The molecule has 2 rings (SSSR count). The number of carbonyl (C=O) groups is 1. The van der Waals surface area contributed by atoms with Crippen LogP contribution in [-0.2, 0) is 10.0 Å². The van der Waals surface area contributed by atoms with Gasteiger partial charge in [0.1, 0.15) is 0 Å². The molecule has 0 heterocycles. The molecule has 2 aromatic rings. The van der Waals surface area contributed by atoms with Crippen LogP contribution < -0.4 is 0 Å². The van der Waals surface area contributed by atoms with Crippen LogP contribution in [0.4, 0.5) is 0 Å². The van der Waals surface area contributed by atoms with Crippen LogP contribution in [0.5, 0.6) is 0 Å². The van der Waals surface area contributed by atoms with E-state index in [1.54, 1.807) is 51.2 Å². The molecule has 0 aliphatic heterocycles. The number of carbonyl (C=O) groups excluding carboxylic acids is 1. The van der Waals surface area contributed by atoms with Crippen molar-refractivity contribution in [2.75, 3.05) is 14.1 Å². The first-order chi connectivity index (χ1) is 13.0. The van der Waals surface area contributed by atoms with Gasteiger partial charge in [-0.15, -0.1) is 0 Å². The van der Waals surface area contributed by atoms with Gasteiger partial charge in [0.25, 0.3) is 5.91 Å². The zero-order valence-corrected chi connectivity index (χ0v) is 18.8. The Hall–Kier alpha value is -1.60. The standard InChI is InChI=1S/C20H24Cl2N2O3S/c1-13(2)24(5)28(26,27)17-8-6-7-15(11-17)20(25)23(4)14(3)18-10-9-16(21)12-19(18)22/h6-14H,1-5H3. The number of benzene rings is 2. The van der Waals surface area contributed by atoms with Crippen LogP contribution in [0.2, 0.25) is 10.0 Å². The van der Waals surface area contributed by atoms with E-state index in [1.807, 2.05) is 6.92 Å². The van der Waals surface area contributed by atoms with Gasteiger partial charge in [-0.1, -0.05) is 35.3 Å². The Balaban J connectivity index is 2.34. The van der Waals surface area contributed by atoms with Gasteiger partial charge in [0.05, 0.1) is 10.9 Å². The van der Waals surface area contributed by atoms with Crippen LogP contribution in [-0.4, -0.2) is 43.7 Å². The third-order valence-corrected chi connectivity index (χ3v) is 7.39. The molecular formula is C20H24Cl2N2O3S. The summed E-state index contributed by atoms with van der Waals surface area (Å²) in [4.78, 5) is 14.6. The number of sulfonamides is 1. The Morgan fingerprint density at radius 1 is 1.00 bits per heavy atom. The first-order valence-electron chi connectivity index (χ1n) is 8.77. The van der Waals surface area contributed by atoms with Gasteiger partial charge in [0.2, 0.25) is 10.0 Å². The lowest BCUT2D eigenvalue weighted by molar-refractivity contribution is 0.0742. The molecule has 152 valence electrons. The highest BCUT2D eigenvalue weighted by Gasteiger charge is 2.26. The molecule has 0 aliphatic carbocycles. The number of hydrogen-bond acceptors (Lipinski definition) is 3. The zero-order valence-electron chi connectivity index (χ0n) is 16.5. The molecule has 1 unspecified atom stereocenters. The minimum absolute atomic E-state index is 0.0835. The number of hydrogen-bond donors (Lipinski definition) is 0. The van der Waals surface area contributed by atoms with Crippen molar-refractivity contribution in [1.82, 2.24) is 9.21 Å². The summed E-state index contributed by atoms with van der Waals surface area (Å²) in [6.45, 7) is 5.43. The van der Waals surface area contributed by atoms with E-state index < -0.39 is 10.0 Å². The number of nitrogens with zero attached hydrogens (tertiary/aromatic N) is 2. The number of halogens is 2. The highest BCUT2D eigenvalue weighted by atomic mass is 35.5. The van der Waals surface area contributed by atoms with Gasteiger partial charge in [0.15, 0.2) is 0 Å². The molecule has 8 heteroatoms. The highest BCUT2D eigenvalue weighted by Crippen LogP contribution is 2.30. The average molecular weight is 443 g/mol. The Bertz CT molecular complexity index is 977. The maximum Gasteiger partial charge on any atom is 0.254 e. The second-order valence-corrected chi connectivity index (χ2v) is 9.74. The van der Waals surface area contributed by atoms with E-state index in [1.165, 1.54) is 28.4 Å². The molecule has 0 bridgehead atoms. The van der Waals surface area contributed by atoms with Gasteiger partial charge in [0, 0.05) is 35.7 Å².